The third kappa shape index (κ3) is 35.9. The molecule has 0 saturated heterocycles. The minimum Gasteiger partial charge on any atom is -0.111 e. The standard InChI is InChI=1S/C5H12.C3H10S2Si/c1-5(2,3)4;1-2-3(6)5-4/h1-4H3;3-4H,2H2,1,6H3. The molecule has 0 aliphatic heterocycles. The normalized spacial score (nSPS) is 13.6. The molecule has 0 radical (unpaired) electrons. The molecular weight excluding hydrogens is 188 g/mol. The maximum absolute atomic E-state index is 4.05. The van der Waals surface area contributed by atoms with Gasteiger partial charge in [0.15, 0.2) is 0 Å². The van der Waals surface area contributed by atoms with Gasteiger partial charge in [-0.15, -0.1) is 11.7 Å². The van der Waals surface area contributed by atoms with Crippen LogP contribution in [0.2, 0.25) is 0 Å². The third-order valence-corrected chi connectivity index (χ3v) is 5.24. The predicted octanol–water partition coefficient (Wildman–Crippen LogP) is 2.72. The van der Waals surface area contributed by atoms with Gasteiger partial charge in [-0.25, -0.2) is 0 Å². The molecule has 70 valence electrons. The highest BCUT2D eigenvalue weighted by molar-refractivity contribution is 8.69. The van der Waals surface area contributed by atoms with Crippen LogP contribution < -0.4 is 0 Å². The second kappa shape index (κ2) is 7.56. The van der Waals surface area contributed by atoms with Crippen molar-refractivity contribution in [2.24, 2.45) is 5.41 Å². The lowest BCUT2D eigenvalue weighted by molar-refractivity contribution is 0.469. The molecule has 0 aromatic heterocycles. The molecule has 0 fully saturated rings. The van der Waals surface area contributed by atoms with Gasteiger partial charge in [-0.05, 0) is 16.7 Å². The van der Waals surface area contributed by atoms with Gasteiger partial charge in [0.1, 0.15) is 0 Å². The summed E-state index contributed by atoms with van der Waals surface area (Å²) >= 11 is 4.05. The minimum absolute atomic E-state index is 0.500. The van der Waals surface area contributed by atoms with E-state index in [1.54, 1.807) is 10.8 Å². The van der Waals surface area contributed by atoms with Crippen molar-refractivity contribution in [3.8, 4) is 0 Å². The van der Waals surface area contributed by atoms with Crippen LogP contribution in [0.3, 0.4) is 0 Å². The Morgan fingerprint density at radius 1 is 1.36 bits per heavy atom. The number of rotatable bonds is 2. The smallest absolute Gasteiger partial charge is 0.0203 e. The highest BCUT2D eigenvalue weighted by atomic mass is 33.1. The Morgan fingerprint density at radius 3 is 1.64 bits per heavy atom. The van der Waals surface area contributed by atoms with E-state index < -0.39 is 0 Å². The average Bonchev–Trinajstić information content (AvgIpc) is 1.83. The van der Waals surface area contributed by atoms with Crippen molar-refractivity contribution >= 4 is 32.7 Å². The van der Waals surface area contributed by atoms with Gasteiger partial charge in [0.05, 0.1) is 0 Å². The molecule has 0 spiro atoms. The Balaban J connectivity index is 0. The van der Waals surface area contributed by atoms with E-state index in [-0.39, 0.29) is 0 Å². The van der Waals surface area contributed by atoms with E-state index in [2.05, 4.69) is 46.3 Å². The number of thiol groups is 1. The van der Waals surface area contributed by atoms with Crippen molar-refractivity contribution in [1.29, 1.82) is 0 Å². The first-order valence-electron chi connectivity index (χ1n) is 4.11. The van der Waals surface area contributed by atoms with Crippen LogP contribution in [0.1, 0.15) is 41.0 Å². The molecule has 0 nitrogen and oxygen atoms in total. The molecular formula is C8H22S2Si. The maximum atomic E-state index is 4.05. The zero-order valence-electron chi connectivity index (χ0n) is 8.64. The highest BCUT2D eigenvalue weighted by Gasteiger charge is 1.95. The fraction of sp³-hybridized carbons (Fsp3) is 1.00. The van der Waals surface area contributed by atoms with Gasteiger partial charge in [-0.3, -0.25) is 0 Å². The van der Waals surface area contributed by atoms with Gasteiger partial charge in [-0.2, -0.15) is 0 Å². The molecule has 0 bridgehead atoms. The van der Waals surface area contributed by atoms with Crippen molar-refractivity contribution in [2.45, 2.75) is 45.9 Å². The fourth-order valence-electron chi connectivity index (χ4n) is 0.0745. The predicted molar refractivity (Wildman–Crippen MR) is 65.7 cm³/mol. The summed E-state index contributed by atoms with van der Waals surface area (Å²) < 4.78 is 0. The molecule has 0 N–H and O–H groups in total. The van der Waals surface area contributed by atoms with Crippen LogP contribution in [-0.2, 0) is 0 Å². The summed E-state index contributed by atoms with van der Waals surface area (Å²) in [7, 11) is 2.96. The van der Waals surface area contributed by atoms with E-state index in [1.807, 2.05) is 0 Å². The quantitative estimate of drug-likeness (QED) is 0.415. The number of hydrogen-bond donors (Lipinski definition) is 1. The summed E-state index contributed by atoms with van der Waals surface area (Å²) in [6.07, 6.45) is 1.28. The minimum atomic E-state index is 0.500. The molecule has 0 aromatic rings. The van der Waals surface area contributed by atoms with E-state index in [9.17, 15) is 0 Å². The summed E-state index contributed by atoms with van der Waals surface area (Å²) in [5.74, 6) is 0. The van der Waals surface area contributed by atoms with Gasteiger partial charge < -0.3 is 0 Å². The Labute approximate surface area is 84.1 Å². The van der Waals surface area contributed by atoms with Crippen LogP contribution in [0.15, 0.2) is 0 Å². The van der Waals surface area contributed by atoms with Crippen molar-refractivity contribution < 1.29 is 0 Å². The van der Waals surface area contributed by atoms with E-state index in [1.165, 1.54) is 16.7 Å². The van der Waals surface area contributed by atoms with Crippen molar-refractivity contribution in [3.63, 3.8) is 0 Å². The molecule has 0 rings (SSSR count). The van der Waals surface area contributed by atoms with Gasteiger partial charge in [0.2, 0.25) is 0 Å². The Bertz CT molecular complexity index is 68.7. The third-order valence-electron chi connectivity index (χ3n) is 0.755. The van der Waals surface area contributed by atoms with Gasteiger partial charge in [0, 0.05) is 10.2 Å². The topological polar surface area (TPSA) is 0 Å². The molecule has 0 aliphatic rings. The van der Waals surface area contributed by atoms with Gasteiger partial charge in [0.25, 0.3) is 0 Å². The SMILES string of the molecule is CC(C)(C)C.CCC([SiH3])SS. The Morgan fingerprint density at radius 2 is 1.64 bits per heavy atom. The van der Waals surface area contributed by atoms with E-state index >= 15 is 0 Å². The van der Waals surface area contributed by atoms with E-state index in [0.29, 0.717) is 5.41 Å². The molecule has 0 amide bonds. The van der Waals surface area contributed by atoms with Crippen LogP contribution in [-0.4, -0.2) is 15.1 Å². The second-order valence-electron chi connectivity index (χ2n) is 4.32. The first-order valence-corrected chi connectivity index (χ1v) is 7.20. The summed E-state index contributed by atoms with van der Waals surface area (Å²) in [6.45, 7) is 10.9. The second-order valence-corrected chi connectivity index (χ2v) is 8.20. The molecule has 0 saturated carbocycles. The molecule has 11 heavy (non-hydrogen) atoms. The van der Waals surface area contributed by atoms with E-state index in [4.69, 9.17) is 0 Å². The van der Waals surface area contributed by atoms with Crippen molar-refractivity contribution in [3.05, 3.63) is 0 Å². The van der Waals surface area contributed by atoms with Crippen molar-refractivity contribution in [1.82, 2.24) is 0 Å². The lowest BCUT2D eigenvalue weighted by Crippen LogP contribution is -1.93. The van der Waals surface area contributed by atoms with Crippen LogP contribution in [0.5, 0.6) is 0 Å². The van der Waals surface area contributed by atoms with Gasteiger partial charge >= 0.3 is 0 Å². The Kier molecular flexibility index (Phi) is 9.93. The summed E-state index contributed by atoms with van der Waals surface area (Å²) in [5.41, 5.74) is 0.500. The highest BCUT2D eigenvalue weighted by Crippen LogP contribution is 2.13. The largest absolute Gasteiger partial charge is 0.111 e. The first kappa shape index (κ1) is 14.4. The van der Waals surface area contributed by atoms with Crippen molar-refractivity contribution in [2.75, 3.05) is 0 Å². The zero-order valence-corrected chi connectivity index (χ0v) is 12.4. The summed E-state index contributed by atoms with van der Waals surface area (Å²) in [5, 5.41) is 0. The monoisotopic (exact) mass is 210 g/mol. The molecule has 0 heterocycles. The number of hydrogen-bond acceptors (Lipinski definition) is 2. The fourth-order valence-corrected chi connectivity index (χ4v) is 0.671. The van der Waals surface area contributed by atoms with Crippen LogP contribution in [0.4, 0.5) is 0 Å². The lowest BCUT2D eigenvalue weighted by Gasteiger charge is -2.05. The Hall–Kier alpha value is 0.917. The maximum Gasteiger partial charge on any atom is 0.0203 e. The summed E-state index contributed by atoms with van der Waals surface area (Å²) in [6, 6.07) is 0. The summed E-state index contributed by atoms with van der Waals surface area (Å²) in [4.78, 5) is 0.855. The zero-order chi connectivity index (χ0) is 9.49. The molecule has 0 aromatic carbocycles. The molecule has 3 heteroatoms. The lowest BCUT2D eigenvalue weighted by atomic mass is 10.0. The van der Waals surface area contributed by atoms with Gasteiger partial charge in [-0.1, -0.05) is 45.4 Å². The molecule has 1 unspecified atom stereocenters. The van der Waals surface area contributed by atoms with Crippen LogP contribution in [0.25, 0.3) is 0 Å². The molecule has 0 aliphatic carbocycles. The van der Waals surface area contributed by atoms with Crippen LogP contribution in [0, 0.1) is 5.41 Å². The van der Waals surface area contributed by atoms with Crippen LogP contribution >= 0.6 is 22.5 Å². The average molecular weight is 210 g/mol. The van der Waals surface area contributed by atoms with E-state index in [0.717, 1.165) is 4.87 Å². The first-order chi connectivity index (χ1) is 4.81. The molecule has 1 atom stereocenters.